The summed E-state index contributed by atoms with van der Waals surface area (Å²) in [7, 11) is 0. The van der Waals surface area contributed by atoms with E-state index in [1.54, 1.807) is 0 Å². The largest absolute Gasteiger partial charge is 0.325 e. The minimum atomic E-state index is -0.0265. The summed E-state index contributed by atoms with van der Waals surface area (Å²) >= 11 is 1.48. The van der Waals surface area contributed by atoms with Crippen LogP contribution in [-0.4, -0.2) is 22.4 Å². The van der Waals surface area contributed by atoms with Gasteiger partial charge in [0.15, 0.2) is 0 Å². The molecule has 0 aliphatic carbocycles. The second kappa shape index (κ2) is 9.96. The Balaban J connectivity index is 1.57. The Kier molecular flexibility index (Phi) is 6.86. The third-order valence-corrected chi connectivity index (χ3v) is 6.53. The number of aryl methyl sites for hydroxylation is 3. The quantitative estimate of drug-likeness (QED) is 0.474. The van der Waals surface area contributed by atoms with E-state index >= 15 is 0 Å². The second-order valence-corrected chi connectivity index (χ2v) is 8.93. The molecule has 0 atom stereocenters. The van der Waals surface area contributed by atoms with E-state index in [0.717, 1.165) is 45.4 Å². The molecule has 162 valence electrons. The van der Waals surface area contributed by atoms with Gasteiger partial charge in [-0.1, -0.05) is 55.5 Å². The zero-order chi connectivity index (χ0) is 22.5. The molecule has 0 radical (unpaired) electrons. The Bertz CT molecular complexity index is 1200. The number of carbonyl (C=O) groups is 1. The fourth-order valence-electron chi connectivity index (χ4n) is 3.63. The first-order chi connectivity index (χ1) is 15.5. The summed E-state index contributed by atoms with van der Waals surface area (Å²) in [6, 6.07) is 22.3. The summed E-state index contributed by atoms with van der Waals surface area (Å²) in [6.45, 7) is 6.27. The normalized spacial score (nSPS) is 13.0. The minimum absolute atomic E-state index is 0.0265. The Morgan fingerprint density at radius 2 is 1.59 bits per heavy atom. The van der Waals surface area contributed by atoms with Crippen LogP contribution >= 0.6 is 11.8 Å². The van der Waals surface area contributed by atoms with E-state index in [-0.39, 0.29) is 5.91 Å². The van der Waals surface area contributed by atoms with E-state index < -0.39 is 0 Å². The number of rotatable bonds is 5. The van der Waals surface area contributed by atoms with Crippen LogP contribution in [0.25, 0.3) is 0 Å². The lowest BCUT2D eigenvalue weighted by atomic mass is 10.1. The fraction of sp³-hybridized carbons (Fsp3) is 0.222. The van der Waals surface area contributed by atoms with Crippen LogP contribution in [0.2, 0.25) is 0 Å². The summed E-state index contributed by atoms with van der Waals surface area (Å²) in [6.07, 6.45) is 1.48. The van der Waals surface area contributed by atoms with Crippen molar-refractivity contribution in [3.05, 3.63) is 89.0 Å². The van der Waals surface area contributed by atoms with Crippen LogP contribution < -0.4 is 5.32 Å². The molecule has 0 unspecified atom stereocenters. The summed E-state index contributed by atoms with van der Waals surface area (Å²) in [5.41, 5.74) is 8.18. The molecule has 0 saturated carbocycles. The number of amides is 1. The van der Waals surface area contributed by atoms with Gasteiger partial charge in [-0.05, 0) is 60.7 Å². The molecule has 3 aromatic carbocycles. The molecule has 3 aromatic rings. The number of fused-ring (bicyclic) bond motifs is 1. The molecule has 0 spiro atoms. The third kappa shape index (κ3) is 5.17. The van der Waals surface area contributed by atoms with E-state index in [2.05, 4.69) is 50.4 Å². The van der Waals surface area contributed by atoms with Gasteiger partial charge in [-0.3, -0.25) is 9.79 Å². The first-order valence-electron chi connectivity index (χ1n) is 10.9. The van der Waals surface area contributed by atoms with Gasteiger partial charge in [0.05, 0.1) is 27.9 Å². The fourth-order valence-corrected chi connectivity index (χ4v) is 4.40. The molecule has 5 heteroatoms. The summed E-state index contributed by atoms with van der Waals surface area (Å²) in [5.74, 6) is 0.278. The monoisotopic (exact) mass is 441 g/mol. The standard InChI is InChI=1S/C27H27N3OS/c1-4-20-10-8-9-13-22(20)29-26(31)17-32-27-16-23(21-11-6-5-7-12-21)28-24-14-18(2)19(3)15-25(24)30-27/h5-15H,4,16-17H2,1-3H3,(H,29,31). The van der Waals surface area contributed by atoms with Crippen molar-refractivity contribution in [3.8, 4) is 0 Å². The van der Waals surface area contributed by atoms with Gasteiger partial charge in [-0.15, -0.1) is 11.8 Å². The first kappa shape index (κ1) is 22.0. The summed E-state index contributed by atoms with van der Waals surface area (Å²) in [5, 5.41) is 3.95. The molecule has 0 saturated heterocycles. The topological polar surface area (TPSA) is 53.8 Å². The average molecular weight is 442 g/mol. The zero-order valence-electron chi connectivity index (χ0n) is 18.7. The predicted molar refractivity (Wildman–Crippen MR) is 137 cm³/mol. The lowest BCUT2D eigenvalue weighted by Gasteiger charge is -2.10. The number of aliphatic imine (C=N–C) groups is 2. The molecule has 1 N–H and O–H groups in total. The molecule has 1 amide bonds. The Labute approximate surface area is 193 Å². The molecular weight excluding hydrogens is 414 g/mol. The van der Waals surface area contributed by atoms with E-state index in [9.17, 15) is 4.79 Å². The smallest absolute Gasteiger partial charge is 0.234 e. The van der Waals surface area contributed by atoms with Crippen LogP contribution in [0.4, 0.5) is 17.1 Å². The highest BCUT2D eigenvalue weighted by molar-refractivity contribution is 8.14. The first-order valence-corrected chi connectivity index (χ1v) is 11.8. The Morgan fingerprint density at radius 1 is 0.938 bits per heavy atom. The van der Waals surface area contributed by atoms with Crippen molar-refractivity contribution in [1.29, 1.82) is 0 Å². The molecule has 32 heavy (non-hydrogen) atoms. The predicted octanol–water partition coefficient (Wildman–Crippen LogP) is 6.79. The van der Waals surface area contributed by atoms with Gasteiger partial charge in [-0.2, -0.15) is 0 Å². The number of para-hydroxylation sites is 1. The molecule has 1 aliphatic heterocycles. The van der Waals surface area contributed by atoms with E-state index in [1.807, 2.05) is 42.5 Å². The maximum absolute atomic E-state index is 12.7. The second-order valence-electron chi connectivity index (χ2n) is 7.88. The molecule has 0 aromatic heterocycles. The summed E-state index contributed by atoms with van der Waals surface area (Å²) < 4.78 is 0. The van der Waals surface area contributed by atoms with Gasteiger partial charge < -0.3 is 5.32 Å². The lowest BCUT2D eigenvalue weighted by molar-refractivity contribution is -0.113. The number of hydrogen-bond donors (Lipinski definition) is 1. The van der Waals surface area contributed by atoms with Crippen molar-refractivity contribution < 1.29 is 4.79 Å². The highest BCUT2D eigenvalue weighted by Crippen LogP contribution is 2.36. The van der Waals surface area contributed by atoms with E-state index in [1.165, 1.54) is 22.9 Å². The van der Waals surface area contributed by atoms with Crippen molar-refractivity contribution >= 4 is 45.5 Å². The lowest BCUT2D eigenvalue weighted by Crippen LogP contribution is -2.17. The number of nitrogens with zero attached hydrogens (tertiary/aromatic N) is 2. The van der Waals surface area contributed by atoms with Crippen molar-refractivity contribution in [3.63, 3.8) is 0 Å². The van der Waals surface area contributed by atoms with Gasteiger partial charge in [0, 0.05) is 12.1 Å². The third-order valence-electron chi connectivity index (χ3n) is 5.56. The molecular formula is C27H27N3OS. The molecule has 1 heterocycles. The van der Waals surface area contributed by atoms with Crippen LogP contribution in [-0.2, 0) is 11.2 Å². The number of carbonyl (C=O) groups excluding carboxylic acids is 1. The molecule has 0 fully saturated rings. The van der Waals surface area contributed by atoms with Crippen molar-refractivity contribution in [2.45, 2.75) is 33.6 Å². The summed E-state index contributed by atoms with van der Waals surface area (Å²) in [4.78, 5) is 22.6. The van der Waals surface area contributed by atoms with E-state index in [0.29, 0.717) is 12.2 Å². The van der Waals surface area contributed by atoms with Gasteiger partial charge in [0.25, 0.3) is 0 Å². The number of hydrogen-bond acceptors (Lipinski definition) is 4. The van der Waals surface area contributed by atoms with Gasteiger partial charge in [0.2, 0.25) is 5.91 Å². The van der Waals surface area contributed by atoms with Gasteiger partial charge in [-0.25, -0.2) is 4.99 Å². The maximum Gasteiger partial charge on any atom is 0.234 e. The van der Waals surface area contributed by atoms with Crippen molar-refractivity contribution in [2.24, 2.45) is 9.98 Å². The van der Waals surface area contributed by atoms with Crippen molar-refractivity contribution in [1.82, 2.24) is 0 Å². The zero-order valence-corrected chi connectivity index (χ0v) is 19.5. The average Bonchev–Trinajstić information content (AvgIpc) is 2.98. The molecule has 4 nitrogen and oxygen atoms in total. The molecule has 1 aliphatic rings. The van der Waals surface area contributed by atoms with Crippen LogP contribution in [0.5, 0.6) is 0 Å². The van der Waals surface area contributed by atoms with E-state index in [4.69, 9.17) is 9.98 Å². The minimum Gasteiger partial charge on any atom is -0.325 e. The highest BCUT2D eigenvalue weighted by atomic mass is 32.2. The number of anilines is 1. The Hall–Kier alpha value is -3.18. The van der Waals surface area contributed by atoms with Crippen LogP contribution in [0.15, 0.2) is 76.7 Å². The highest BCUT2D eigenvalue weighted by Gasteiger charge is 2.17. The number of benzene rings is 3. The van der Waals surface area contributed by atoms with Gasteiger partial charge in [0.1, 0.15) is 0 Å². The SMILES string of the molecule is CCc1ccccc1NC(=O)CSC1=Nc2cc(C)c(C)cc2N=C(c2ccccc2)C1. The van der Waals surface area contributed by atoms with Crippen LogP contribution in [0.3, 0.4) is 0 Å². The van der Waals surface area contributed by atoms with Crippen LogP contribution in [0.1, 0.15) is 35.6 Å². The van der Waals surface area contributed by atoms with Crippen LogP contribution in [0, 0.1) is 13.8 Å². The maximum atomic E-state index is 12.7. The van der Waals surface area contributed by atoms with Crippen molar-refractivity contribution in [2.75, 3.05) is 11.1 Å². The molecule has 0 bridgehead atoms. The van der Waals surface area contributed by atoms with Gasteiger partial charge >= 0.3 is 0 Å². The number of thioether (sulfide) groups is 1. The number of nitrogens with one attached hydrogen (secondary N) is 1. The molecule has 4 rings (SSSR count). The Morgan fingerprint density at radius 3 is 2.31 bits per heavy atom.